The molecule has 84 valence electrons. The number of hydrogen-bond acceptors (Lipinski definition) is 3. The lowest BCUT2D eigenvalue weighted by molar-refractivity contribution is 0.190. The maximum absolute atomic E-state index is 6.13. The summed E-state index contributed by atoms with van der Waals surface area (Å²) >= 11 is 6.13. The van der Waals surface area contributed by atoms with Gasteiger partial charge in [-0.25, -0.2) is 0 Å². The molecule has 1 N–H and O–H groups in total. The zero-order valence-electron chi connectivity index (χ0n) is 9.09. The van der Waals surface area contributed by atoms with E-state index >= 15 is 0 Å². The van der Waals surface area contributed by atoms with E-state index in [-0.39, 0.29) is 0 Å². The number of nitrogens with zero attached hydrogens (tertiary/aromatic N) is 2. The van der Waals surface area contributed by atoms with Gasteiger partial charge in [-0.3, -0.25) is 4.68 Å². The number of halogens is 1. The summed E-state index contributed by atoms with van der Waals surface area (Å²) in [5.41, 5.74) is 2.08. The molecular weight excluding hydrogens is 214 g/mol. The predicted molar refractivity (Wildman–Crippen MR) is 59.0 cm³/mol. The highest BCUT2D eigenvalue weighted by Crippen LogP contribution is 2.18. The summed E-state index contributed by atoms with van der Waals surface area (Å²) in [6.07, 6.45) is 1.08. The molecule has 0 radical (unpaired) electrons. The second-order valence-electron chi connectivity index (χ2n) is 3.92. The summed E-state index contributed by atoms with van der Waals surface area (Å²) in [7, 11) is 1.86. The number of aryl methyl sites for hydroxylation is 2. The summed E-state index contributed by atoms with van der Waals surface area (Å²) in [6.45, 7) is 4.41. The standard InChI is InChI=1S/C10H16ClN3O/c1-7-9(10(11)14(2)13-7)5-12-8-3-4-15-6-8/h8,12H,3-6H2,1-2H3. The van der Waals surface area contributed by atoms with E-state index in [9.17, 15) is 0 Å². The van der Waals surface area contributed by atoms with Crippen LogP contribution in [0.15, 0.2) is 0 Å². The quantitative estimate of drug-likeness (QED) is 0.848. The number of rotatable bonds is 3. The Hall–Kier alpha value is -0.580. The van der Waals surface area contributed by atoms with Crippen molar-refractivity contribution in [3.05, 3.63) is 16.4 Å². The van der Waals surface area contributed by atoms with Crippen molar-refractivity contribution >= 4 is 11.6 Å². The molecule has 2 heterocycles. The second-order valence-corrected chi connectivity index (χ2v) is 4.28. The minimum Gasteiger partial charge on any atom is -0.380 e. The maximum atomic E-state index is 6.13. The SMILES string of the molecule is Cc1nn(C)c(Cl)c1CNC1CCOC1. The summed E-state index contributed by atoms with van der Waals surface area (Å²) in [5.74, 6) is 0. The first kappa shape index (κ1) is 10.9. The molecule has 5 heteroatoms. The van der Waals surface area contributed by atoms with Crippen LogP contribution in [0.3, 0.4) is 0 Å². The Labute approximate surface area is 94.6 Å². The number of ether oxygens (including phenoxy) is 1. The van der Waals surface area contributed by atoms with Crippen LogP contribution in [0, 0.1) is 6.92 Å². The monoisotopic (exact) mass is 229 g/mol. The van der Waals surface area contributed by atoms with E-state index in [2.05, 4.69) is 10.4 Å². The van der Waals surface area contributed by atoms with Crippen LogP contribution < -0.4 is 5.32 Å². The highest BCUT2D eigenvalue weighted by Gasteiger charge is 2.17. The topological polar surface area (TPSA) is 39.1 Å². The van der Waals surface area contributed by atoms with Crippen molar-refractivity contribution in [3.63, 3.8) is 0 Å². The highest BCUT2D eigenvalue weighted by molar-refractivity contribution is 6.30. The van der Waals surface area contributed by atoms with Crippen LogP contribution in [-0.2, 0) is 18.3 Å². The first-order valence-electron chi connectivity index (χ1n) is 5.17. The molecule has 0 spiro atoms. The lowest BCUT2D eigenvalue weighted by atomic mass is 10.2. The molecule has 1 unspecified atom stereocenters. The van der Waals surface area contributed by atoms with E-state index in [0.717, 1.165) is 42.6 Å². The largest absolute Gasteiger partial charge is 0.380 e. The Bertz CT molecular complexity index is 345. The van der Waals surface area contributed by atoms with Crippen molar-refractivity contribution in [1.82, 2.24) is 15.1 Å². The number of aromatic nitrogens is 2. The summed E-state index contributed by atoms with van der Waals surface area (Å²) < 4.78 is 7.00. The predicted octanol–water partition coefficient (Wildman–Crippen LogP) is 1.26. The number of nitrogens with one attached hydrogen (secondary N) is 1. The normalized spacial score (nSPS) is 21.1. The summed E-state index contributed by atoms with van der Waals surface area (Å²) in [4.78, 5) is 0. The van der Waals surface area contributed by atoms with Gasteiger partial charge in [-0.15, -0.1) is 0 Å². The average molecular weight is 230 g/mol. The van der Waals surface area contributed by atoms with Gasteiger partial charge in [0.1, 0.15) is 5.15 Å². The molecule has 0 aliphatic carbocycles. The van der Waals surface area contributed by atoms with E-state index in [1.165, 1.54) is 0 Å². The Morgan fingerprint density at radius 3 is 3.00 bits per heavy atom. The van der Waals surface area contributed by atoms with Gasteiger partial charge in [-0.2, -0.15) is 5.10 Å². The van der Waals surface area contributed by atoms with Crippen molar-refractivity contribution in [2.75, 3.05) is 13.2 Å². The maximum Gasteiger partial charge on any atom is 0.131 e. The van der Waals surface area contributed by atoms with Crippen LogP contribution in [-0.4, -0.2) is 29.0 Å². The highest BCUT2D eigenvalue weighted by atomic mass is 35.5. The molecule has 1 saturated heterocycles. The van der Waals surface area contributed by atoms with Gasteiger partial charge in [-0.1, -0.05) is 11.6 Å². The molecule has 1 aliphatic heterocycles. The molecule has 1 atom stereocenters. The molecule has 1 fully saturated rings. The molecular formula is C10H16ClN3O. The van der Waals surface area contributed by atoms with Crippen molar-refractivity contribution in [1.29, 1.82) is 0 Å². The minimum atomic E-state index is 0.459. The molecule has 1 aliphatic rings. The fourth-order valence-corrected chi connectivity index (χ4v) is 2.06. The molecule has 4 nitrogen and oxygen atoms in total. The Morgan fingerprint density at radius 1 is 1.67 bits per heavy atom. The molecule has 0 saturated carbocycles. The van der Waals surface area contributed by atoms with Gasteiger partial charge >= 0.3 is 0 Å². The molecule has 0 bridgehead atoms. The van der Waals surface area contributed by atoms with Crippen molar-refractivity contribution in [2.24, 2.45) is 7.05 Å². The van der Waals surface area contributed by atoms with Crippen molar-refractivity contribution in [2.45, 2.75) is 25.9 Å². The second kappa shape index (κ2) is 4.51. The zero-order chi connectivity index (χ0) is 10.8. The fraction of sp³-hybridized carbons (Fsp3) is 0.700. The Balaban J connectivity index is 1.97. The van der Waals surface area contributed by atoms with Crippen LogP contribution in [0.2, 0.25) is 5.15 Å². The first-order valence-corrected chi connectivity index (χ1v) is 5.55. The first-order chi connectivity index (χ1) is 7.18. The van der Waals surface area contributed by atoms with Gasteiger partial charge in [-0.05, 0) is 13.3 Å². The molecule has 1 aromatic rings. The third-order valence-corrected chi connectivity index (χ3v) is 3.24. The fourth-order valence-electron chi connectivity index (χ4n) is 1.82. The van der Waals surface area contributed by atoms with Crippen molar-refractivity contribution in [3.8, 4) is 0 Å². The van der Waals surface area contributed by atoms with Crippen molar-refractivity contribution < 1.29 is 4.74 Å². The van der Waals surface area contributed by atoms with Gasteiger partial charge in [0.05, 0.1) is 12.3 Å². The molecule has 0 amide bonds. The van der Waals surface area contributed by atoms with E-state index in [4.69, 9.17) is 16.3 Å². The summed E-state index contributed by atoms with van der Waals surface area (Å²) in [5, 5.41) is 8.42. The third-order valence-electron chi connectivity index (χ3n) is 2.77. The van der Waals surface area contributed by atoms with Gasteiger partial charge in [0.2, 0.25) is 0 Å². The molecule has 15 heavy (non-hydrogen) atoms. The zero-order valence-corrected chi connectivity index (χ0v) is 9.84. The van der Waals surface area contributed by atoms with Gasteiger partial charge in [0, 0.05) is 31.8 Å². The van der Waals surface area contributed by atoms with E-state index < -0.39 is 0 Å². The van der Waals surface area contributed by atoms with E-state index in [1.54, 1.807) is 4.68 Å². The number of hydrogen-bond donors (Lipinski definition) is 1. The lowest BCUT2D eigenvalue weighted by Crippen LogP contribution is -2.28. The van der Waals surface area contributed by atoms with Gasteiger partial charge in [0.15, 0.2) is 0 Å². The van der Waals surface area contributed by atoms with Crippen LogP contribution in [0.4, 0.5) is 0 Å². The smallest absolute Gasteiger partial charge is 0.131 e. The van der Waals surface area contributed by atoms with Crippen LogP contribution >= 0.6 is 11.6 Å². The minimum absolute atomic E-state index is 0.459. The average Bonchev–Trinajstić information content (AvgIpc) is 2.76. The molecule has 1 aromatic heterocycles. The Kier molecular flexibility index (Phi) is 3.29. The lowest BCUT2D eigenvalue weighted by Gasteiger charge is -2.09. The molecule has 2 rings (SSSR count). The third kappa shape index (κ3) is 2.33. The van der Waals surface area contributed by atoms with Gasteiger partial charge in [0.25, 0.3) is 0 Å². The molecule has 0 aromatic carbocycles. The summed E-state index contributed by atoms with van der Waals surface area (Å²) in [6, 6.07) is 0.459. The van der Waals surface area contributed by atoms with E-state index in [1.807, 2.05) is 14.0 Å². The van der Waals surface area contributed by atoms with Crippen LogP contribution in [0.5, 0.6) is 0 Å². The van der Waals surface area contributed by atoms with E-state index in [0.29, 0.717) is 6.04 Å². The van der Waals surface area contributed by atoms with Gasteiger partial charge < -0.3 is 10.1 Å². The van der Waals surface area contributed by atoms with Crippen LogP contribution in [0.25, 0.3) is 0 Å². The Morgan fingerprint density at radius 2 is 2.47 bits per heavy atom. The van der Waals surface area contributed by atoms with Crippen LogP contribution in [0.1, 0.15) is 17.7 Å².